The van der Waals surface area contributed by atoms with Gasteiger partial charge >= 0.3 is 0 Å². The number of nitrogens with two attached hydrogens (primary N) is 1. The van der Waals surface area contributed by atoms with Crippen molar-refractivity contribution in [2.24, 2.45) is 11.7 Å². The molecule has 0 aromatic rings. The Balaban J connectivity index is 1.71. The van der Waals surface area contributed by atoms with Gasteiger partial charge in [0.1, 0.15) is 0 Å². The van der Waals surface area contributed by atoms with Crippen molar-refractivity contribution in [3.05, 3.63) is 0 Å². The van der Waals surface area contributed by atoms with Crippen LogP contribution in [0, 0.1) is 5.92 Å². The third kappa shape index (κ3) is 3.46. The van der Waals surface area contributed by atoms with Crippen molar-refractivity contribution in [3.63, 3.8) is 0 Å². The minimum Gasteiger partial charge on any atom is -0.375 e. The van der Waals surface area contributed by atoms with Crippen molar-refractivity contribution in [3.8, 4) is 0 Å². The van der Waals surface area contributed by atoms with E-state index in [9.17, 15) is 0 Å². The Hall–Kier alpha value is -0.0800. The lowest BCUT2D eigenvalue weighted by Gasteiger charge is -2.31. The Kier molecular flexibility index (Phi) is 4.45. The van der Waals surface area contributed by atoms with E-state index in [1.165, 1.54) is 57.8 Å². The highest BCUT2D eigenvalue weighted by atomic mass is 16.5. The lowest BCUT2D eigenvalue weighted by molar-refractivity contribution is -0.0372. The molecule has 0 saturated heterocycles. The Labute approximate surface area is 93.6 Å². The van der Waals surface area contributed by atoms with Gasteiger partial charge < -0.3 is 10.5 Å². The van der Waals surface area contributed by atoms with Gasteiger partial charge in [-0.25, -0.2) is 0 Å². The third-order valence-electron chi connectivity index (χ3n) is 4.00. The molecule has 0 amide bonds. The quantitative estimate of drug-likeness (QED) is 0.776. The minimum absolute atomic E-state index is 0.554. The fourth-order valence-corrected chi connectivity index (χ4v) is 3.16. The monoisotopic (exact) mass is 211 g/mol. The van der Waals surface area contributed by atoms with E-state index in [-0.39, 0.29) is 0 Å². The van der Waals surface area contributed by atoms with Crippen molar-refractivity contribution < 1.29 is 4.74 Å². The Morgan fingerprint density at radius 1 is 0.933 bits per heavy atom. The molecule has 2 saturated carbocycles. The van der Waals surface area contributed by atoms with Crippen LogP contribution in [0.4, 0.5) is 0 Å². The van der Waals surface area contributed by atoms with Crippen LogP contribution in [0.15, 0.2) is 0 Å². The molecule has 0 heterocycles. The van der Waals surface area contributed by atoms with Gasteiger partial charge in [0.2, 0.25) is 0 Å². The van der Waals surface area contributed by atoms with Crippen molar-refractivity contribution in [1.29, 1.82) is 0 Å². The first-order chi connectivity index (χ1) is 7.38. The standard InChI is InChI=1S/C13H25NO/c14-9-8-11-4-3-7-13(10-11)15-12-5-1-2-6-12/h11-13H,1-10,14H2. The minimum atomic E-state index is 0.554. The van der Waals surface area contributed by atoms with Gasteiger partial charge in [0.05, 0.1) is 12.2 Å². The maximum Gasteiger partial charge on any atom is 0.0581 e. The first kappa shape index (κ1) is 11.4. The second-order valence-corrected chi connectivity index (χ2v) is 5.27. The molecule has 88 valence electrons. The van der Waals surface area contributed by atoms with E-state index in [1.807, 2.05) is 0 Å². The Bertz CT molecular complexity index is 175. The van der Waals surface area contributed by atoms with Gasteiger partial charge in [-0.3, -0.25) is 0 Å². The van der Waals surface area contributed by atoms with Crippen molar-refractivity contribution in [2.75, 3.05) is 6.54 Å². The lowest BCUT2D eigenvalue weighted by Crippen LogP contribution is -2.27. The topological polar surface area (TPSA) is 35.2 Å². The van der Waals surface area contributed by atoms with E-state index >= 15 is 0 Å². The molecular weight excluding hydrogens is 186 g/mol. The molecule has 2 aliphatic carbocycles. The first-order valence-corrected chi connectivity index (χ1v) is 6.74. The second-order valence-electron chi connectivity index (χ2n) is 5.27. The Morgan fingerprint density at radius 2 is 1.67 bits per heavy atom. The molecule has 2 fully saturated rings. The number of ether oxygens (including phenoxy) is 1. The summed E-state index contributed by atoms with van der Waals surface area (Å²) in [5, 5.41) is 0. The molecule has 15 heavy (non-hydrogen) atoms. The van der Waals surface area contributed by atoms with Gasteiger partial charge in [0.15, 0.2) is 0 Å². The van der Waals surface area contributed by atoms with Crippen molar-refractivity contribution >= 4 is 0 Å². The van der Waals surface area contributed by atoms with Crippen molar-refractivity contribution in [1.82, 2.24) is 0 Å². The predicted octanol–water partition coefficient (Wildman–Crippen LogP) is 2.85. The fourth-order valence-electron chi connectivity index (χ4n) is 3.16. The lowest BCUT2D eigenvalue weighted by atomic mass is 9.85. The summed E-state index contributed by atoms with van der Waals surface area (Å²) in [7, 11) is 0. The summed E-state index contributed by atoms with van der Waals surface area (Å²) >= 11 is 0. The molecule has 0 aromatic carbocycles. The van der Waals surface area contributed by atoms with Gasteiger partial charge in [-0.1, -0.05) is 25.7 Å². The van der Waals surface area contributed by atoms with E-state index < -0.39 is 0 Å². The summed E-state index contributed by atoms with van der Waals surface area (Å²) in [5.41, 5.74) is 5.63. The van der Waals surface area contributed by atoms with Crippen LogP contribution in [-0.4, -0.2) is 18.8 Å². The van der Waals surface area contributed by atoms with E-state index in [0.717, 1.165) is 12.5 Å². The zero-order valence-corrected chi connectivity index (χ0v) is 9.79. The molecule has 0 spiro atoms. The maximum absolute atomic E-state index is 6.19. The summed E-state index contributed by atoms with van der Waals surface area (Å²) in [6, 6.07) is 0. The van der Waals surface area contributed by atoms with Gasteiger partial charge in [0.25, 0.3) is 0 Å². The largest absolute Gasteiger partial charge is 0.375 e. The number of hydrogen-bond donors (Lipinski definition) is 1. The van der Waals surface area contributed by atoms with Crippen LogP contribution in [0.25, 0.3) is 0 Å². The smallest absolute Gasteiger partial charge is 0.0581 e. The predicted molar refractivity (Wildman–Crippen MR) is 62.8 cm³/mol. The van der Waals surface area contributed by atoms with Crippen LogP contribution in [0.2, 0.25) is 0 Å². The second kappa shape index (κ2) is 5.86. The highest BCUT2D eigenvalue weighted by Gasteiger charge is 2.25. The normalized spacial score (nSPS) is 33.4. The summed E-state index contributed by atoms with van der Waals surface area (Å²) in [4.78, 5) is 0. The third-order valence-corrected chi connectivity index (χ3v) is 4.00. The highest BCUT2D eigenvalue weighted by Crippen LogP contribution is 2.31. The Morgan fingerprint density at radius 3 is 2.40 bits per heavy atom. The molecule has 0 bridgehead atoms. The van der Waals surface area contributed by atoms with Crippen LogP contribution in [-0.2, 0) is 4.74 Å². The van der Waals surface area contributed by atoms with E-state index in [1.54, 1.807) is 0 Å². The average molecular weight is 211 g/mol. The van der Waals surface area contributed by atoms with Crippen LogP contribution < -0.4 is 5.73 Å². The van der Waals surface area contributed by atoms with E-state index in [0.29, 0.717) is 12.2 Å². The molecule has 0 aromatic heterocycles. The zero-order valence-electron chi connectivity index (χ0n) is 9.79. The van der Waals surface area contributed by atoms with Crippen molar-refractivity contribution in [2.45, 2.75) is 70.0 Å². The molecule has 2 heteroatoms. The molecule has 2 unspecified atom stereocenters. The highest BCUT2D eigenvalue weighted by molar-refractivity contribution is 4.76. The van der Waals surface area contributed by atoms with Crippen LogP contribution in [0.1, 0.15) is 57.8 Å². The summed E-state index contributed by atoms with van der Waals surface area (Å²) in [6.45, 7) is 0.848. The van der Waals surface area contributed by atoms with Crippen LogP contribution in [0.3, 0.4) is 0 Å². The van der Waals surface area contributed by atoms with Gasteiger partial charge in [-0.05, 0) is 44.6 Å². The molecular formula is C13H25NO. The van der Waals surface area contributed by atoms with Crippen LogP contribution in [0.5, 0.6) is 0 Å². The summed E-state index contributed by atoms with van der Waals surface area (Å²) in [6.07, 6.45) is 13.0. The molecule has 2 N–H and O–H groups in total. The molecule has 0 radical (unpaired) electrons. The number of rotatable bonds is 4. The van der Waals surface area contributed by atoms with E-state index in [2.05, 4.69) is 0 Å². The van der Waals surface area contributed by atoms with Gasteiger partial charge in [-0.15, -0.1) is 0 Å². The van der Waals surface area contributed by atoms with Crippen LogP contribution >= 0.6 is 0 Å². The average Bonchev–Trinajstić information content (AvgIpc) is 2.71. The molecule has 0 aliphatic heterocycles. The molecule has 2 aliphatic rings. The fraction of sp³-hybridized carbons (Fsp3) is 1.00. The maximum atomic E-state index is 6.19. The molecule has 2 atom stereocenters. The number of hydrogen-bond acceptors (Lipinski definition) is 2. The van der Waals surface area contributed by atoms with Gasteiger partial charge in [0, 0.05) is 0 Å². The van der Waals surface area contributed by atoms with E-state index in [4.69, 9.17) is 10.5 Å². The zero-order chi connectivity index (χ0) is 10.5. The summed E-state index contributed by atoms with van der Waals surface area (Å²) in [5.74, 6) is 0.843. The first-order valence-electron chi connectivity index (χ1n) is 6.74. The molecule has 2 rings (SSSR count). The van der Waals surface area contributed by atoms with Gasteiger partial charge in [-0.2, -0.15) is 0 Å². The summed E-state index contributed by atoms with van der Waals surface area (Å²) < 4.78 is 6.19. The molecule has 2 nitrogen and oxygen atoms in total. The SMILES string of the molecule is NCCC1CCCC(OC2CCCC2)C1.